The molecule has 6 heteroatoms. The topological polar surface area (TPSA) is 72.2 Å². The normalized spacial score (nSPS) is 18.2. The second-order valence-corrected chi connectivity index (χ2v) is 6.08. The molecule has 0 spiro atoms. The van der Waals surface area contributed by atoms with Gasteiger partial charge in [-0.3, -0.25) is 9.00 Å². The minimum Gasteiger partial charge on any atom is -0.392 e. The molecule has 0 heterocycles. The van der Waals surface area contributed by atoms with Crippen LogP contribution in [-0.4, -0.2) is 33.2 Å². The van der Waals surface area contributed by atoms with Crippen molar-refractivity contribution in [3.63, 3.8) is 0 Å². The predicted octanol–water partition coefficient (Wildman–Crippen LogP) is 0.572. The van der Waals surface area contributed by atoms with Gasteiger partial charge in [-0.25, -0.2) is 0 Å². The van der Waals surface area contributed by atoms with Crippen LogP contribution in [0.1, 0.15) is 27.2 Å². The molecular formula is C10H20N2O2S2. The number of carbonyl (C=O) groups excluding carboxylic acids is 1. The molecule has 0 aromatic heterocycles. The van der Waals surface area contributed by atoms with Crippen molar-refractivity contribution in [2.45, 2.75) is 33.2 Å². The largest absolute Gasteiger partial charge is 0.392 e. The lowest BCUT2D eigenvalue weighted by Gasteiger charge is -2.27. The molecule has 4 nitrogen and oxygen atoms in total. The van der Waals surface area contributed by atoms with Gasteiger partial charge in [-0.2, -0.15) is 0 Å². The van der Waals surface area contributed by atoms with E-state index >= 15 is 0 Å². The Morgan fingerprint density at radius 3 is 2.44 bits per heavy atom. The fourth-order valence-electron chi connectivity index (χ4n) is 1.22. The molecule has 3 atom stereocenters. The first-order valence-corrected chi connectivity index (χ1v) is 7.28. The Balaban J connectivity index is 4.55. The van der Waals surface area contributed by atoms with Crippen molar-refractivity contribution in [2.75, 3.05) is 12.0 Å². The van der Waals surface area contributed by atoms with Crippen LogP contribution >= 0.6 is 12.2 Å². The first-order chi connectivity index (χ1) is 7.24. The molecule has 0 aromatic carbocycles. The second kappa shape index (κ2) is 6.30. The van der Waals surface area contributed by atoms with Crippen LogP contribution in [0.4, 0.5) is 0 Å². The van der Waals surface area contributed by atoms with Gasteiger partial charge in [0.05, 0.1) is 10.4 Å². The maximum Gasteiger partial charge on any atom is 0.232 e. The van der Waals surface area contributed by atoms with Gasteiger partial charge in [0.15, 0.2) is 0 Å². The molecule has 0 bridgehead atoms. The number of rotatable bonds is 6. The zero-order valence-electron chi connectivity index (χ0n) is 10.2. The number of thiocarbonyl (C=S) groups is 1. The van der Waals surface area contributed by atoms with Crippen LogP contribution in [0.3, 0.4) is 0 Å². The van der Waals surface area contributed by atoms with Gasteiger partial charge in [-0.1, -0.05) is 19.1 Å². The Bertz CT molecular complexity index is 307. The van der Waals surface area contributed by atoms with Crippen LogP contribution in [0.15, 0.2) is 0 Å². The lowest BCUT2D eigenvalue weighted by molar-refractivity contribution is -0.127. The van der Waals surface area contributed by atoms with Crippen molar-refractivity contribution < 1.29 is 9.00 Å². The Kier molecular flexibility index (Phi) is 6.10. The molecule has 94 valence electrons. The number of hydrogen-bond acceptors (Lipinski definition) is 3. The van der Waals surface area contributed by atoms with E-state index in [9.17, 15) is 9.00 Å². The summed E-state index contributed by atoms with van der Waals surface area (Å²) in [6.45, 7) is 5.40. The van der Waals surface area contributed by atoms with Crippen LogP contribution in [0.5, 0.6) is 0 Å². The summed E-state index contributed by atoms with van der Waals surface area (Å²) in [5.74, 6) is 0.239. The average molecular weight is 264 g/mol. The van der Waals surface area contributed by atoms with Crippen LogP contribution in [-0.2, 0) is 15.6 Å². The maximum atomic E-state index is 12.0. The van der Waals surface area contributed by atoms with Crippen molar-refractivity contribution in [3.05, 3.63) is 0 Å². The number of nitrogens with one attached hydrogen (secondary N) is 1. The molecule has 0 fully saturated rings. The van der Waals surface area contributed by atoms with Crippen molar-refractivity contribution in [3.8, 4) is 0 Å². The van der Waals surface area contributed by atoms with E-state index in [0.717, 1.165) is 0 Å². The Morgan fingerprint density at radius 1 is 1.62 bits per heavy atom. The minimum absolute atomic E-state index is 0.140. The summed E-state index contributed by atoms with van der Waals surface area (Å²) in [5.41, 5.74) is 4.75. The molecule has 0 rings (SSSR count). The van der Waals surface area contributed by atoms with Crippen molar-refractivity contribution >= 4 is 33.9 Å². The first-order valence-electron chi connectivity index (χ1n) is 5.15. The molecule has 16 heavy (non-hydrogen) atoms. The van der Waals surface area contributed by atoms with E-state index in [4.69, 9.17) is 18.0 Å². The molecule has 0 aliphatic heterocycles. The number of hydrogen-bond donors (Lipinski definition) is 2. The molecule has 0 aliphatic rings. The molecule has 3 unspecified atom stereocenters. The fourth-order valence-corrected chi connectivity index (χ4v) is 2.25. The molecule has 0 saturated carbocycles. The quantitative estimate of drug-likeness (QED) is 0.688. The zero-order valence-corrected chi connectivity index (χ0v) is 11.8. The second-order valence-electron chi connectivity index (χ2n) is 4.16. The summed E-state index contributed by atoms with van der Waals surface area (Å²) in [7, 11) is -0.930. The third-order valence-electron chi connectivity index (χ3n) is 2.61. The smallest absolute Gasteiger partial charge is 0.232 e. The molecule has 0 aromatic rings. The summed E-state index contributed by atoms with van der Waals surface area (Å²) >= 11 is 4.90. The van der Waals surface area contributed by atoms with Gasteiger partial charge in [0.25, 0.3) is 0 Å². The van der Waals surface area contributed by atoms with E-state index in [2.05, 4.69) is 5.32 Å². The van der Waals surface area contributed by atoms with Gasteiger partial charge in [0.2, 0.25) is 5.91 Å². The summed E-state index contributed by atoms with van der Waals surface area (Å²) in [6.07, 6.45) is 2.16. The van der Waals surface area contributed by atoms with Crippen molar-refractivity contribution in [1.29, 1.82) is 0 Å². The summed E-state index contributed by atoms with van der Waals surface area (Å²) in [4.78, 5) is 12.1. The molecule has 3 N–H and O–H groups in total. The third-order valence-corrected chi connectivity index (χ3v) is 4.03. The van der Waals surface area contributed by atoms with Gasteiger partial charge < -0.3 is 11.1 Å². The van der Waals surface area contributed by atoms with Crippen LogP contribution in [0.2, 0.25) is 0 Å². The van der Waals surface area contributed by atoms with E-state index in [1.165, 1.54) is 0 Å². The van der Waals surface area contributed by atoms with E-state index in [1.54, 1.807) is 13.2 Å². The Morgan fingerprint density at radius 2 is 2.12 bits per heavy atom. The van der Waals surface area contributed by atoms with Crippen LogP contribution in [0, 0.1) is 5.41 Å². The van der Waals surface area contributed by atoms with E-state index in [-0.39, 0.29) is 16.9 Å². The Labute approximate surface area is 105 Å². The highest BCUT2D eigenvalue weighted by Crippen LogP contribution is 2.21. The number of amides is 1. The third kappa shape index (κ3) is 4.17. The van der Waals surface area contributed by atoms with Crippen LogP contribution in [0.25, 0.3) is 0 Å². The molecule has 0 aliphatic carbocycles. The lowest BCUT2D eigenvalue weighted by Crippen LogP contribution is -2.50. The van der Waals surface area contributed by atoms with Gasteiger partial charge in [-0.05, 0) is 20.3 Å². The average Bonchev–Trinajstić information content (AvgIpc) is 2.14. The van der Waals surface area contributed by atoms with Crippen molar-refractivity contribution in [2.24, 2.45) is 11.1 Å². The van der Waals surface area contributed by atoms with E-state index in [1.807, 2.05) is 13.8 Å². The highest BCUT2D eigenvalue weighted by atomic mass is 32.2. The van der Waals surface area contributed by atoms with Crippen LogP contribution < -0.4 is 11.1 Å². The fraction of sp³-hybridized carbons (Fsp3) is 0.800. The monoisotopic (exact) mass is 264 g/mol. The predicted molar refractivity (Wildman–Crippen MR) is 71.7 cm³/mol. The molecule has 0 radical (unpaired) electrons. The van der Waals surface area contributed by atoms with Gasteiger partial charge >= 0.3 is 0 Å². The van der Waals surface area contributed by atoms with Gasteiger partial charge in [0.1, 0.15) is 0 Å². The first kappa shape index (κ1) is 15.5. The van der Waals surface area contributed by atoms with E-state index < -0.39 is 16.2 Å². The minimum atomic E-state index is -0.930. The van der Waals surface area contributed by atoms with Gasteiger partial charge in [-0.15, -0.1) is 0 Å². The highest BCUT2D eigenvalue weighted by Gasteiger charge is 2.35. The summed E-state index contributed by atoms with van der Waals surface area (Å²) in [6, 6.07) is -0.140. The Hall–Kier alpha value is -0.490. The number of carbonyl (C=O) groups is 1. The highest BCUT2D eigenvalue weighted by molar-refractivity contribution is 7.84. The zero-order chi connectivity index (χ0) is 12.9. The van der Waals surface area contributed by atoms with Gasteiger partial charge in [0, 0.05) is 28.9 Å². The summed E-state index contributed by atoms with van der Waals surface area (Å²) in [5, 5.41) is 2.78. The van der Waals surface area contributed by atoms with Crippen molar-refractivity contribution in [1.82, 2.24) is 5.32 Å². The van der Waals surface area contributed by atoms with E-state index in [0.29, 0.717) is 12.2 Å². The SMILES string of the molecule is CCC(C)(C(=O)NC(C)CS(C)=O)C(N)=S. The number of nitrogens with two attached hydrogens (primary N) is 1. The molecule has 0 saturated heterocycles. The maximum absolute atomic E-state index is 12.0. The molecule has 1 amide bonds. The lowest BCUT2D eigenvalue weighted by atomic mass is 9.86. The summed E-state index contributed by atoms with van der Waals surface area (Å²) < 4.78 is 11.0. The molecular weight excluding hydrogens is 244 g/mol. The standard InChI is InChI=1S/C10H20N2O2S2/c1-5-10(3,8(11)15)9(13)12-7(2)6-16(4)14/h7H,5-6H2,1-4H3,(H2,11,15)(H,12,13).